The van der Waals surface area contributed by atoms with Gasteiger partial charge in [-0.1, -0.05) is 18.2 Å². The first kappa shape index (κ1) is 11.9. The van der Waals surface area contributed by atoms with E-state index in [1.54, 1.807) is 0 Å². The fourth-order valence-corrected chi connectivity index (χ4v) is 2.12. The van der Waals surface area contributed by atoms with Crippen LogP contribution in [0.4, 0.5) is 5.69 Å². The Morgan fingerprint density at radius 2 is 2.00 bits per heavy atom. The highest BCUT2D eigenvalue weighted by molar-refractivity contribution is 5.88. The Labute approximate surface area is 101 Å². The van der Waals surface area contributed by atoms with E-state index < -0.39 is 5.54 Å². The van der Waals surface area contributed by atoms with Crippen LogP contribution in [-0.2, 0) is 9.53 Å². The van der Waals surface area contributed by atoms with E-state index in [-0.39, 0.29) is 5.91 Å². The zero-order valence-corrected chi connectivity index (χ0v) is 10.0. The molecule has 1 heterocycles. The Kier molecular flexibility index (Phi) is 3.33. The van der Waals surface area contributed by atoms with E-state index in [0.29, 0.717) is 26.1 Å². The summed E-state index contributed by atoms with van der Waals surface area (Å²) in [5.74, 6) is -0.302. The summed E-state index contributed by atoms with van der Waals surface area (Å²) in [5, 5.41) is 3.31. The van der Waals surface area contributed by atoms with Gasteiger partial charge in [-0.05, 0) is 18.6 Å². The van der Waals surface area contributed by atoms with E-state index in [0.717, 1.165) is 11.3 Å². The molecular formula is C13H18N2O2. The lowest BCUT2D eigenvalue weighted by Crippen LogP contribution is -2.54. The summed E-state index contributed by atoms with van der Waals surface area (Å²) in [4.78, 5) is 11.7. The Balaban J connectivity index is 2.24. The van der Waals surface area contributed by atoms with Gasteiger partial charge < -0.3 is 15.8 Å². The molecule has 0 radical (unpaired) electrons. The molecule has 0 spiro atoms. The van der Waals surface area contributed by atoms with E-state index in [9.17, 15) is 4.79 Å². The summed E-state index contributed by atoms with van der Waals surface area (Å²) < 4.78 is 5.30. The number of aryl methyl sites for hydroxylation is 1. The minimum absolute atomic E-state index is 0.302. The summed E-state index contributed by atoms with van der Waals surface area (Å²) in [6.45, 7) is 3.15. The van der Waals surface area contributed by atoms with E-state index in [1.807, 2.05) is 31.2 Å². The molecule has 1 aromatic rings. The molecular weight excluding hydrogens is 216 g/mol. The van der Waals surface area contributed by atoms with Crippen LogP contribution in [0.1, 0.15) is 18.4 Å². The number of primary amides is 1. The quantitative estimate of drug-likeness (QED) is 0.831. The number of carbonyl (C=O) groups excluding carboxylic acids is 1. The molecule has 0 aliphatic carbocycles. The zero-order valence-electron chi connectivity index (χ0n) is 10.0. The molecule has 0 saturated carbocycles. The van der Waals surface area contributed by atoms with Crippen LogP contribution in [0.2, 0.25) is 0 Å². The van der Waals surface area contributed by atoms with Crippen molar-refractivity contribution in [2.45, 2.75) is 25.3 Å². The van der Waals surface area contributed by atoms with Crippen molar-refractivity contribution in [3.63, 3.8) is 0 Å². The van der Waals surface area contributed by atoms with Crippen LogP contribution in [-0.4, -0.2) is 24.7 Å². The minimum Gasteiger partial charge on any atom is -0.381 e. The van der Waals surface area contributed by atoms with Crippen LogP contribution in [0.15, 0.2) is 24.3 Å². The number of ether oxygens (including phenoxy) is 1. The van der Waals surface area contributed by atoms with Gasteiger partial charge in [0.1, 0.15) is 5.54 Å². The monoisotopic (exact) mass is 234 g/mol. The molecule has 3 N–H and O–H groups in total. The molecule has 4 nitrogen and oxygen atoms in total. The highest BCUT2D eigenvalue weighted by atomic mass is 16.5. The molecule has 0 bridgehead atoms. The molecule has 4 heteroatoms. The van der Waals surface area contributed by atoms with Gasteiger partial charge in [-0.15, -0.1) is 0 Å². The highest BCUT2D eigenvalue weighted by Gasteiger charge is 2.38. The van der Waals surface area contributed by atoms with Gasteiger partial charge in [0.15, 0.2) is 0 Å². The van der Waals surface area contributed by atoms with Crippen LogP contribution < -0.4 is 11.1 Å². The van der Waals surface area contributed by atoms with Gasteiger partial charge in [-0.25, -0.2) is 0 Å². The second kappa shape index (κ2) is 4.75. The predicted molar refractivity (Wildman–Crippen MR) is 66.8 cm³/mol. The first-order valence-electron chi connectivity index (χ1n) is 5.85. The Bertz CT molecular complexity index is 412. The van der Waals surface area contributed by atoms with E-state index in [4.69, 9.17) is 10.5 Å². The summed E-state index contributed by atoms with van der Waals surface area (Å²) in [5.41, 5.74) is 6.96. The van der Waals surface area contributed by atoms with Crippen molar-refractivity contribution >= 4 is 11.6 Å². The second-order valence-electron chi connectivity index (χ2n) is 4.50. The van der Waals surface area contributed by atoms with Crippen LogP contribution in [0.5, 0.6) is 0 Å². The summed E-state index contributed by atoms with van der Waals surface area (Å²) in [6, 6.07) is 7.90. The molecule has 1 aliphatic heterocycles. The molecule has 17 heavy (non-hydrogen) atoms. The summed E-state index contributed by atoms with van der Waals surface area (Å²) in [7, 11) is 0. The average molecular weight is 234 g/mol. The van der Waals surface area contributed by atoms with Gasteiger partial charge in [0, 0.05) is 31.7 Å². The third-order valence-electron chi connectivity index (χ3n) is 3.34. The Morgan fingerprint density at radius 1 is 1.35 bits per heavy atom. The van der Waals surface area contributed by atoms with Crippen molar-refractivity contribution in [2.24, 2.45) is 5.73 Å². The van der Waals surface area contributed by atoms with Gasteiger partial charge in [-0.2, -0.15) is 0 Å². The molecule has 0 aromatic heterocycles. The van der Waals surface area contributed by atoms with Gasteiger partial charge in [0.25, 0.3) is 0 Å². The molecule has 1 fully saturated rings. The number of benzene rings is 1. The van der Waals surface area contributed by atoms with Gasteiger partial charge in [0.2, 0.25) is 5.91 Å². The van der Waals surface area contributed by atoms with Crippen molar-refractivity contribution in [1.29, 1.82) is 0 Å². The molecule has 1 saturated heterocycles. The zero-order chi connectivity index (χ0) is 12.3. The van der Waals surface area contributed by atoms with Crippen molar-refractivity contribution in [3.05, 3.63) is 29.8 Å². The third-order valence-corrected chi connectivity index (χ3v) is 3.34. The van der Waals surface area contributed by atoms with Gasteiger partial charge in [0.05, 0.1) is 0 Å². The fourth-order valence-electron chi connectivity index (χ4n) is 2.12. The predicted octanol–water partition coefficient (Wildman–Crippen LogP) is 1.44. The van der Waals surface area contributed by atoms with Gasteiger partial charge in [-0.3, -0.25) is 4.79 Å². The molecule has 1 aliphatic rings. The van der Waals surface area contributed by atoms with E-state index in [1.165, 1.54) is 0 Å². The average Bonchev–Trinajstić information content (AvgIpc) is 2.33. The fraction of sp³-hybridized carbons (Fsp3) is 0.462. The van der Waals surface area contributed by atoms with Crippen LogP contribution in [0, 0.1) is 6.92 Å². The van der Waals surface area contributed by atoms with E-state index >= 15 is 0 Å². The lowest BCUT2D eigenvalue weighted by atomic mass is 9.88. The maximum Gasteiger partial charge on any atom is 0.243 e. The van der Waals surface area contributed by atoms with Crippen molar-refractivity contribution in [1.82, 2.24) is 0 Å². The second-order valence-corrected chi connectivity index (χ2v) is 4.50. The highest BCUT2D eigenvalue weighted by Crippen LogP contribution is 2.27. The topological polar surface area (TPSA) is 64.3 Å². The number of hydrogen-bond donors (Lipinski definition) is 2. The number of hydrogen-bond acceptors (Lipinski definition) is 3. The largest absolute Gasteiger partial charge is 0.381 e. The third kappa shape index (κ3) is 2.42. The molecule has 1 aromatic carbocycles. The number of amides is 1. The summed E-state index contributed by atoms with van der Waals surface area (Å²) >= 11 is 0. The van der Waals surface area contributed by atoms with Crippen LogP contribution in [0.25, 0.3) is 0 Å². The van der Waals surface area contributed by atoms with Crippen molar-refractivity contribution in [3.8, 4) is 0 Å². The lowest BCUT2D eigenvalue weighted by molar-refractivity contribution is -0.125. The maximum atomic E-state index is 11.7. The molecule has 0 atom stereocenters. The van der Waals surface area contributed by atoms with Gasteiger partial charge >= 0.3 is 0 Å². The first-order chi connectivity index (χ1) is 8.14. The molecule has 0 unspecified atom stereocenters. The number of carbonyl (C=O) groups is 1. The Morgan fingerprint density at radius 3 is 2.59 bits per heavy atom. The molecule has 2 rings (SSSR count). The maximum absolute atomic E-state index is 11.7. The molecule has 92 valence electrons. The Hall–Kier alpha value is -1.55. The normalized spacial score (nSPS) is 18.6. The van der Waals surface area contributed by atoms with Crippen molar-refractivity contribution in [2.75, 3.05) is 18.5 Å². The number of anilines is 1. The van der Waals surface area contributed by atoms with E-state index in [2.05, 4.69) is 5.32 Å². The molecule has 1 amide bonds. The minimum atomic E-state index is -0.662. The SMILES string of the molecule is Cc1ccccc1NC1(C(N)=O)CCOCC1. The summed E-state index contributed by atoms with van der Waals surface area (Å²) in [6.07, 6.45) is 1.24. The lowest BCUT2D eigenvalue weighted by Gasteiger charge is -2.36. The number of rotatable bonds is 3. The van der Waals surface area contributed by atoms with Crippen LogP contribution in [0.3, 0.4) is 0 Å². The number of nitrogens with one attached hydrogen (secondary N) is 1. The smallest absolute Gasteiger partial charge is 0.243 e. The van der Waals surface area contributed by atoms with Crippen LogP contribution >= 0.6 is 0 Å². The first-order valence-corrected chi connectivity index (χ1v) is 5.85. The number of nitrogens with two attached hydrogens (primary N) is 1. The standard InChI is InChI=1S/C13H18N2O2/c1-10-4-2-3-5-11(10)15-13(12(14)16)6-8-17-9-7-13/h2-5,15H,6-9H2,1H3,(H2,14,16). The number of para-hydroxylation sites is 1. The van der Waals surface area contributed by atoms with Crippen molar-refractivity contribution < 1.29 is 9.53 Å².